The SMILES string of the molecule is c1ccc(-c2cccc3[nH]c(-c4[nH]nc5ncc(-c6cncc(OC7CCCCC7)c6)cc45)cc23)nc1. The molecular weight excluding hydrogens is 460 g/mol. The van der Waals surface area contributed by atoms with Crippen molar-refractivity contribution in [3.05, 3.63) is 79.4 Å². The average molecular weight is 487 g/mol. The van der Waals surface area contributed by atoms with Crippen LogP contribution in [0.3, 0.4) is 0 Å². The van der Waals surface area contributed by atoms with Gasteiger partial charge >= 0.3 is 0 Å². The van der Waals surface area contributed by atoms with Gasteiger partial charge in [-0.05, 0) is 62.1 Å². The fraction of sp³-hybridized carbons (Fsp3) is 0.200. The molecule has 0 atom stereocenters. The molecule has 7 rings (SSSR count). The maximum atomic E-state index is 6.25. The largest absolute Gasteiger partial charge is 0.489 e. The summed E-state index contributed by atoms with van der Waals surface area (Å²) < 4.78 is 6.25. The molecule has 7 nitrogen and oxygen atoms in total. The van der Waals surface area contributed by atoms with Crippen molar-refractivity contribution < 1.29 is 4.74 Å². The van der Waals surface area contributed by atoms with Crippen molar-refractivity contribution in [2.75, 3.05) is 0 Å². The average Bonchev–Trinajstić information content (AvgIpc) is 3.58. The zero-order chi connectivity index (χ0) is 24.6. The number of pyridine rings is 3. The van der Waals surface area contributed by atoms with Gasteiger partial charge < -0.3 is 9.72 Å². The Morgan fingerprint density at radius 3 is 2.62 bits per heavy atom. The first kappa shape index (κ1) is 21.7. The highest BCUT2D eigenvalue weighted by Gasteiger charge is 2.17. The predicted octanol–water partition coefficient (Wildman–Crippen LogP) is 6.94. The standard InChI is InChI=1S/C30H26N6O/c1-2-7-21(8-3-1)37-22-13-19(16-31-18-22)20-14-25-29(35-36-30(25)33-17-20)28-15-24-23(9-6-11-27(24)34-28)26-10-4-5-12-32-26/h4-6,9-18,21,34H,1-3,7-8H2,(H,33,35,36). The van der Waals surface area contributed by atoms with Gasteiger partial charge in [0.25, 0.3) is 0 Å². The first-order valence-electron chi connectivity index (χ1n) is 12.8. The van der Waals surface area contributed by atoms with Crippen molar-refractivity contribution in [2.45, 2.75) is 38.2 Å². The summed E-state index contributed by atoms with van der Waals surface area (Å²) in [5.74, 6) is 0.814. The van der Waals surface area contributed by atoms with E-state index in [0.29, 0.717) is 5.65 Å². The summed E-state index contributed by atoms with van der Waals surface area (Å²) in [5.41, 5.74) is 7.55. The van der Waals surface area contributed by atoms with Gasteiger partial charge in [0.2, 0.25) is 0 Å². The zero-order valence-corrected chi connectivity index (χ0v) is 20.3. The molecule has 182 valence electrons. The molecule has 0 bridgehead atoms. The number of aromatic amines is 2. The third kappa shape index (κ3) is 4.12. The summed E-state index contributed by atoms with van der Waals surface area (Å²) in [4.78, 5) is 17.2. The van der Waals surface area contributed by atoms with E-state index in [0.717, 1.165) is 68.7 Å². The Labute approximate surface area is 214 Å². The van der Waals surface area contributed by atoms with Crippen LogP contribution in [0.5, 0.6) is 5.75 Å². The Bertz CT molecular complexity index is 1700. The summed E-state index contributed by atoms with van der Waals surface area (Å²) in [5, 5.41) is 9.72. The van der Waals surface area contributed by atoms with Gasteiger partial charge in [-0.3, -0.25) is 15.1 Å². The zero-order valence-electron chi connectivity index (χ0n) is 20.3. The Morgan fingerprint density at radius 1 is 0.811 bits per heavy atom. The van der Waals surface area contributed by atoms with Gasteiger partial charge in [0.15, 0.2) is 5.65 Å². The van der Waals surface area contributed by atoms with Gasteiger partial charge in [0.1, 0.15) is 5.75 Å². The van der Waals surface area contributed by atoms with Crippen molar-refractivity contribution in [1.82, 2.24) is 30.1 Å². The minimum Gasteiger partial charge on any atom is -0.489 e. The van der Waals surface area contributed by atoms with E-state index in [1.807, 2.05) is 42.9 Å². The number of benzene rings is 1. The van der Waals surface area contributed by atoms with Crippen LogP contribution < -0.4 is 4.74 Å². The van der Waals surface area contributed by atoms with Gasteiger partial charge in [-0.25, -0.2) is 4.98 Å². The lowest BCUT2D eigenvalue weighted by molar-refractivity contribution is 0.154. The molecule has 7 heteroatoms. The van der Waals surface area contributed by atoms with Crippen LogP contribution in [0.1, 0.15) is 32.1 Å². The highest BCUT2D eigenvalue weighted by Crippen LogP contribution is 2.34. The van der Waals surface area contributed by atoms with Crippen LogP contribution in [0.25, 0.3) is 55.7 Å². The molecule has 1 aliphatic carbocycles. The second-order valence-electron chi connectivity index (χ2n) is 9.65. The van der Waals surface area contributed by atoms with E-state index in [9.17, 15) is 0 Å². The molecule has 1 aromatic carbocycles. The second-order valence-corrected chi connectivity index (χ2v) is 9.65. The van der Waals surface area contributed by atoms with E-state index >= 15 is 0 Å². The van der Waals surface area contributed by atoms with E-state index < -0.39 is 0 Å². The van der Waals surface area contributed by atoms with Gasteiger partial charge in [-0.1, -0.05) is 24.6 Å². The van der Waals surface area contributed by atoms with Gasteiger partial charge in [-0.15, -0.1) is 0 Å². The molecule has 0 radical (unpaired) electrons. The number of ether oxygens (including phenoxy) is 1. The molecule has 6 aromatic rings. The molecule has 0 saturated heterocycles. The van der Waals surface area contributed by atoms with E-state index in [4.69, 9.17) is 4.74 Å². The summed E-state index contributed by atoms with van der Waals surface area (Å²) in [7, 11) is 0. The van der Waals surface area contributed by atoms with Crippen LogP contribution in [0.4, 0.5) is 0 Å². The van der Waals surface area contributed by atoms with Gasteiger partial charge in [-0.2, -0.15) is 5.10 Å². The third-order valence-corrected chi connectivity index (χ3v) is 7.19. The molecule has 5 aromatic heterocycles. The number of hydrogen-bond donors (Lipinski definition) is 2. The molecular formula is C30H26N6O. The molecule has 0 amide bonds. The maximum absolute atomic E-state index is 6.25. The quantitative estimate of drug-likeness (QED) is 0.275. The topological polar surface area (TPSA) is 92.4 Å². The summed E-state index contributed by atoms with van der Waals surface area (Å²) >= 11 is 0. The van der Waals surface area contributed by atoms with Crippen LogP contribution in [0, 0.1) is 0 Å². The monoisotopic (exact) mass is 486 g/mol. The fourth-order valence-electron chi connectivity index (χ4n) is 5.31. The van der Waals surface area contributed by atoms with Crippen molar-refractivity contribution >= 4 is 21.9 Å². The van der Waals surface area contributed by atoms with Crippen LogP contribution >= 0.6 is 0 Å². The number of rotatable bonds is 5. The Balaban J connectivity index is 1.26. The molecule has 37 heavy (non-hydrogen) atoms. The molecule has 1 saturated carbocycles. The van der Waals surface area contributed by atoms with Gasteiger partial charge in [0.05, 0.1) is 29.4 Å². The highest BCUT2D eigenvalue weighted by atomic mass is 16.5. The maximum Gasteiger partial charge on any atom is 0.181 e. The van der Waals surface area contributed by atoms with E-state index in [1.165, 1.54) is 19.3 Å². The molecule has 0 spiro atoms. The third-order valence-electron chi connectivity index (χ3n) is 7.19. The molecule has 0 aliphatic heterocycles. The first-order chi connectivity index (χ1) is 18.3. The lowest BCUT2D eigenvalue weighted by Crippen LogP contribution is -2.19. The fourth-order valence-corrected chi connectivity index (χ4v) is 5.31. The lowest BCUT2D eigenvalue weighted by Gasteiger charge is -2.23. The van der Waals surface area contributed by atoms with Gasteiger partial charge in [0, 0.05) is 51.6 Å². The van der Waals surface area contributed by atoms with Crippen LogP contribution in [0.15, 0.2) is 79.4 Å². The first-order valence-corrected chi connectivity index (χ1v) is 12.8. The van der Waals surface area contributed by atoms with E-state index in [2.05, 4.69) is 60.5 Å². The van der Waals surface area contributed by atoms with Crippen molar-refractivity contribution in [2.24, 2.45) is 0 Å². The molecule has 1 aliphatic rings. The van der Waals surface area contributed by atoms with Crippen molar-refractivity contribution in [1.29, 1.82) is 0 Å². The normalized spacial score (nSPS) is 14.4. The summed E-state index contributed by atoms with van der Waals surface area (Å²) in [6.07, 6.45) is 13.6. The smallest absolute Gasteiger partial charge is 0.181 e. The van der Waals surface area contributed by atoms with Crippen LogP contribution in [-0.4, -0.2) is 36.2 Å². The number of hydrogen-bond acceptors (Lipinski definition) is 5. The molecule has 2 N–H and O–H groups in total. The predicted molar refractivity (Wildman–Crippen MR) is 145 cm³/mol. The van der Waals surface area contributed by atoms with Crippen LogP contribution in [-0.2, 0) is 0 Å². The summed E-state index contributed by atoms with van der Waals surface area (Å²) in [6.45, 7) is 0. The number of nitrogens with one attached hydrogen (secondary N) is 2. The van der Waals surface area contributed by atoms with Crippen molar-refractivity contribution in [3.63, 3.8) is 0 Å². The second kappa shape index (κ2) is 9.17. The number of H-pyrrole nitrogens is 2. The van der Waals surface area contributed by atoms with E-state index in [-0.39, 0.29) is 6.10 Å². The molecule has 1 fully saturated rings. The Morgan fingerprint density at radius 2 is 1.73 bits per heavy atom. The minimum atomic E-state index is 0.282. The summed E-state index contributed by atoms with van der Waals surface area (Å²) in [6, 6.07) is 18.5. The molecule has 0 unspecified atom stereocenters. The lowest BCUT2D eigenvalue weighted by atomic mass is 9.98. The molecule has 5 heterocycles. The number of aromatic nitrogens is 6. The van der Waals surface area contributed by atoms with Crippen molar-refractivity contribution in [3.8, 4) is 39.5 Å². The highest BCUT2D eigenvalue weighted by molar-refractivity contribution is 6.00. The number of nitrogens with zero attached hydrogens (tertiary/aromatic N) is 4. The number of fused-ring (bicyclic) bond motifs is 2. The Hall–Kier alpha value is -4.52. The van der Waals surface area contributed by atoms with Crippen LogP contribution in [0.2, 0.25) is 0 Å². The van der Waals surface area contributed by atoms with E-state index in [1.54, 1.807) is 6.20 Å². The Kier molecular flexibility index (Phi) is 5.39. The minimum absolute atomic E-state index is 0.282.